The molecule has 0 saturated heterocycles. The Labute approximate surface area is 94.7 Å². The lowest BCUT2D eigenvalue weighted by Gasteiger charge is -2.10. The minimum absolute atomic E-state index is 0.574. The van der Waals surface area contributed by atoms with Crippen molar-refractivity contribution >= 4 is 6.29 Å². The number of fused-ring (bicyclic) bond motifs is 1. The molecule has 0 spiro atoms. The third-order valence-corrected chi connectivity index (χ3v) is 2.46. The minimum atomic E-state index is 0.574. The van der Waals surface area contributed by atoms with Gasteiger partial charge in [0.05, 0.1) is 0 Å². The van der Waals surface area contributed by atoms with E-state index in [1.807, 2.05) is 6.07 Å². The van der Waals surface area contributed by atoms with Gasteiger partial charge in [0.2, 0.25) is 0 Å². The molecule has 0 unspecified atom stereocenters. The molecule has 3 rings (SSSR count). The third-order valence-electron chi connectivity index (χ3n) is 2.46. The van der Waals surface area contributed by atoms with Crippen molar-refractivity contribution in [3.8, 4) is 23.5 Å². The fourth-order valence-corrected chi connectivity index (χ4v) is 1.39. The van der Waals surface area contributed by atoms with Gasteiger partial charge in [-0.3, -0.25) is 4.79 Å². The maximum absolute atomic E-state index is 10.3. The second kappa shape index (κ2) is 4.46. The summed E-state index contributed by atoms with van der Waals surface area (Å²) in [6, 6.07) is 15.5. The van der Waals surface area contributed by atoms with Crippen molar-refractivity contribution in [2.45, 2.75) is 0 Å². The summed E-state index contributed by atoms with van der Waals surface area (Å²) in [5.74, 6) is 2.42. The van der Waals surface area contributed by atoms with Crippen molar-refractivity contribution in [3.05, 3.63) is 59.7 Å². The largest absolute Gasteiger partial charge is 0.298 e. The first-order valence-electron chi connectivity index (χ1n) is 4.96. The number of carbonyl (C=O) groups is 1. The Kier molecular flexibility index (Phi) is 2.84. The molecular weight excluding hydrogens is 196 g/mol. The van der Waals surface area contributed by atoms with Gasteiger partial charge in [-0.15, -0.1) is 6.42 Å². The van der Waals surface area contributed by atoms with E-state index in [4.69, 9.17) is 6.42 Å². The molecule has 1 aromatic rings. The van der Waals surface area contributed by atoms with Gasteiger partial charge >= 0.3 is 0 Å². The number of benzene rings is 2. The van der Waals surface area contributed by atoms with Crippen LogP contribution in [0.1, 0.15) is 15.9 Å². The first-order valence-corrected chi connectivity index (χ1v) is 4.96. The Morgan fingerprint density at radius 1 is 0.938 bits per heavy atom. The summed E-state index contributed by atoms with van der Waals surface area (Å²) in [5, 5.41) is 0. The summed E-state index contributed by atoms with van der Waals surface area (Å²) in [4.78, 5) is 10.3. The predicted molar refractivity (Wildman–Crippen MR) is 65.2 cm³/mol. The Hall–Kier alpha value is -2.33. The van der Waals surface area contributed by atoms with E-state index < -0.39 is 0 Å². The zero-order chi connectivity index (χ0) is 11.4. The van der Waals surface area contributed by atoms with Crippen molar-refractivity contribution in [2.24, 2.45) is 0 Å². The van der Waals surface area contributed by atoms with Crippen LogP contribution in [0, 0.1) is 12.3 Å². The number of terminal acetylenes is 1. The van der Waals surface area contributed by atoms with Gasteiger partial charge < -0.3 is 0 Å². The monoisotopic (exact) mass is 206 g/mol. The lowest BCUT2D eigenvalue weighted by Crippen LogP contribution is -1.85. The number of carbonyl (C=O) groups excluding carboxylic acids is 1. The molecule has 0 fully saturated rings. The van der Waals surface area contributed by atoms with Gasteiger partial charge in [0.25, 0.3) is 0 Å². The maximum atomic E-state index is 10.3. The van der Waals surface area contributed by atoms with E-state index >= 15 is 0 Å². The highest BCUT2D eigenvalue weighted by Crippen LogP contribution is 2.29. The lowest BCUT2D eigenvalue weighted by atomic mass is 9.95. The van der Waals surface area contributed by atoms with E-state index in [0.717, 1.165) is 6.29 Å². The fraction of sp³-hybridized carbons (Fsp3) is 0. The Balaban J connectivity index is 0.000000134. The first-order chi connectivity index (χ1) is 7.85. The Bertz CT molecular complexity index is 523. The van der Waals surface area contributed by atoms with Gasteiger partial charge in [-0.2, -0.15) is 0 Å². The second-order valence-electron chi connectivity index (χ2n) is 3.43. The van der Waals surface area contributed by atoms with Crippen LogP contribution < -0.4 is 0 Å². The zero-order valence-corrected chi connectivity index (χ0v) is 8.68. The van der Waals surface area contributed by atoms with Crippen LogP contribution in [-0.2, 0) is 0 Å². The molecule has 1 heteroatoms. The smallest absolute Gasteiger partial charge is 0.151 e. The highest BCUT2D eigenvalue weighted by molar-refractivity contribution is 5.79. The van der Waals surface area contributed by atoms with Gasteiger partial charge in [-0.05, 0) is 17.2 Å². The highest BCUT2D eigenvalue weighted by Gasteiger charge is 2.03. The molecule has 16 heavy (non-hydrogen) atoms. The molecule has 1 nitrogen and oxygen atoms in total. The van der Waals surface area contributed by atoms with Crippen molar-refractivity contribution in [1.82, 2.24) is 0 Å². The molecule has 0 radical (unpaired) electrons. The molecule has 0 aliphatic heterocycles. The van der Waals surface area contributed by atoms with E-state index in [1.54, 1.807) is 18.2 Å². The van der Waals surface area contributed by atoms with Crippen LogP contribution in [0.25, 0.3) is 11.1 Å². The average molecular weight is 206 g/mol. The minimum Gasteiger partial charge on any atom is -0.298 e. The van der Waals surface area contributed by atoms with Crippen molar-refractivity contribution in [3.63, 3.8) is 0 Å². The molecule has 76 valence electrons. The van der Waals surface area contributed by atoms with Crippen LogP contribution in [-0.4, -0.2) is 6.29 Å². The molecule has 0 heterocycles. The topological polar surface area (TPSA) is 17.1 Å². The van der Waals surface area contributed by atoms with Crippen molar-refractivity contribution in [1.29, 1.82) is 0 Å². The normalized spacial score (nSPS) is 9.44. The molecule has 0 N–H and O–H groups in total. The van der Waals surface area contributed by atoms with Crippen LogP contribution in [0.2, 0.25) is 0 Å². The molecule has 1 aromatic carbocycles. The highest BCUT2D eigenvalue weighted by atomic mass is 16.1. The van der Waals surface area contributed by atoms with Crippen LogP contribution in [0.15, 0.2) is 48.5 Å². The number of hydrogen-bond donors (Lipinski definition) is 0. The first kappa shape index (κ1) is 10.2. The summed E-state index contributed by atoms with van der Waals surface area (Å²) in [6.07, 6.45) is 5.88. The van der Waals surface area contributed by atoms with Gasteiger partial charge in [0.15, 0.2) is 6.29 Å². The van der Waals surface area contributed by atoms with E-state index in [1.165, 1.54) is 11.1 Å². The summed E-state index contributed by atoms with van der Waals surface area (Å²) in [6.45, 7) is 0. The zero-order valence-electron chi connectivity index (χ0n) is 8.68. The molecule has 0 amide bonds. The molecule has 2 aliphatic carbocycles. The Morgan fingerprint density at radius 2 is 1.50 bits per heavy atom. The van der Waals surface area contributed by atoms with Gasteiger partial charge in [0, 0.05) is 11.1 Å². The average Bonchev–Trinajstić information content (AvgIpc) is 2.34. The molecular formula is C15H10O. The number of rotatable bonds is 1. The van der Waals surface area contributed by atoms with E-state index in [-0.39, 0.29) is 0 Å². The maximum Gasteiger partial charge on any atom is 0.151 e. The van der Waals surface area contributed by atoms with Crippen LogP contribution >= 0.6 is 0 Å². The van der Waals surface area contributed by atoms with E-state index in [2.05, 4.69) is 30.2 Å². The number of aldehydes is 1. The fourth-order valence-electron chi connectivity index (χ4n) is 1.39. The summed E-state index contributed by atoms with van der Waals surface area (Å²) in [7, 11) is 0. The summed E-state index contributed by atoms with van der Waals surface area (Å²) >= 11 is 0. The second-order valence-corrected chi connectivity index (χ2v) is 3.43. The van der Waals surface area contributed by atoms with Gasteiger partial charge in [-0.25, -0.2) is 0 Å². The number of hydrogen-bond acceptors (Lipinski definition) is 1. The lowest BCUT2D eigenvalue weighted by molar-refractivity contribution is 0.112. The predicted octanol–water partition coefficient (Wildman–Crippen LogP) is 3.15. The van der Waals surface area contributed by atoms with Gasteiger partial charge in [0.1, 0.15) is 0 Å². The van der Waals surface area contributed by atoms with Crippen molar-refractivity contribution in [2.75, 3.05) is 0 Å². The van der Waals surface area contributed by atoms with Gasteiger partial charge in [-0.1, -0.05) is 48.4 Å². The van der Waals surface area contributed by atoms with Crippen LogP contribution in [0.3, 0.4) is 0 Å². The van der Waals surface area contributed by atoms with E-state index in [0.29, 0.717) is 11.1 Å². The van der Waals surface area contributed by atoms with Crippen molar-refractivity contribution < 1.29 is 4.79 Å². The van der Waals surface area contributed by atoms with E-state index in [9.17, 15) is 4.79 Å². The molecule has 2 aliphatic rings. The molecule has 0 atom stereocenters. The van der Waals surface area contributed by atoms with Crippen LogP contribution in [0.5, 0.6) is 0 Å². The summed E-state index contributed by atoms with van der Waals surface area (Å²) in [5.41, 5.74) is 4.08. The van der Waals surface area contributed by atoms with Crippen LogP contribution in [0.4, 0.5) is 0 Å². The third kappa shape index (κ3) is 1.87. The standard InChI is InChI=1S/C9H6O.C6H4/c1-2-8-5-3-4-6-9(8)7-10;1-2-6-4-3-5(1)6/h1,3-7H;1-4H. The Morgan fingerprint density at radius 3 is 1.81 bits per heavy atom. The molecule has 0 bridgehead atoms. The quantitative estimate of drug-likeness (QED) is 0.441. The molecule has 0 aromatic heterocycles. The summed E-state index contributed by atoms with van der Waals surface area (Å²) < 4.78 is 0. The molecule has 0 saturated carbocycles. The SMILES string of the molecule is C#Cc1ccccc1C=O.c1cc2ccc1-2.